The fraction of sp³-hybridized carbons (Fsp3) is 0.250. The van der Waals surface area contributed by atoms with Gasteiger partial charge in [0.05, 0.1) is 12.0 Å². The van der Waals surface area contributed by atoms with Gasteiger partial charge in [-0.05, 0) is 36.1 Å². The minimum atomic E-state index is -0.591. The van der Waals surface area contributed by atoms with Gasteiger partial charge in [-0.15, -0.1) is 11.3 Å². The molecule has 2 unspecified atom stereocenters. The Morgan fingerprint density at radius 3 is 3.00 bits per heavy atom. The second kappa shape index (κ2) is 5.88. The lowest BCUT2D eigenvalue weighted by Crippen LogP contribution is -2.36. The lowest BCUT2D eigenvalue weighted by atomic mass is 9.89. The van der Waals surface area contributed by atoms with Crippen LogP contribution in [0.2, 0.25) is 0 Å². The van der Waals surface area contributed by atoms with E-state index in [4.69, 9.17) is 0 Å². The average Bonchev–Trinajstić information content (AvgIpc) is 3.00. The molecule has 2 amide bonds. The highest BCUT2D eigenvalue weighted by Crippen LogP contribution is 2.33. The summed E-state index contributed by atoms with van der Waals surface area (Å²) in [5.41, 5.74) is 1.03. The van der Waals surface area contributed by atoms with Crippen LogP contribution in [-0.4, -0.2) is 11.8 Å². The summed E-state index contributed by atoms with van der Waals surface area (Å²) in [5, 5.41) is 7.48. The van der Waals surface area contributed by atoms with Crippen molar-refractivity contribution in [2.75, 3.05) is 5.32 Å². The van der Waals surface area contributed by atoms with Gasteiger partial charge in [0.1, 0.15) is 5.82 Å². The van der Waals surface area contributed by atoms with Gasteiger partial charge in [-0.2, -0.15) is 0 Å². The Kier molecular flexibility index (Phi) is 3.94. The molecule has 3 rings (SSSR count). The molecule has 1 aliphatic rings. The number of halogens is 1. The van der Waals surface area contributed by atoms with Crippen LogP contribution >= 0.6 is 11.3 Å². The third-order valence-electron chi connectivity index (χ3n) is 3.70. The van der Waals surface area contributed by atoms with Gasteiger partial charge in [-0.3, -0.25) is 9.59 Å². The Morgan fingerprint density at radius 1 is 1.45 bits per heavy atom. The van der Waals surface area contributed by atoms with Crippen LogP contribution in [0.25, 0.3) is 0 Å². The highest BCUT2D eigenvalue weighted by atomic mass is 32.1. The molecule has 0 radical (unpaired) electrons. The fourth-order valence-electron chi connectivity index (χ4n) is 2.59. The summed E-state index contributed by atoms with van der Waals surface area (Å²) in [6, 6.07) is 7.86. The Hall–Kier alpha value is -2.21. The van der Waals surface area contributed by atoms with Crippen molar-refractivity contribution in [1.29, 1.82) is 0 Å². The van der Waals surface area contributed by atoms with Crippen LogP contribution in [0.3, 0.4) is 0 Å². The van der Waals surface area contributed by atoms with Gasteiger partial charge < -0.3 is 10.6 Å². The maximum atomic E-state index is 13.3. The SMILES string of the molecule is CC(NC(=O)C1CC(=O)Nc2cc(F)ccc21)c1cccs1. The molecule has 1 aromatic carbocycles. The smallest absolute Gasteiger partial charge is 0.228 e. The van der Waals surface area contributed by atoms with Crippen LogP contribution < -0.4 is 10.6 Å². The second-order valence-electron chi connectivity index (χ2n) is 5.28. The first-order valence-electron chi connectivity index (χ1n) is 6.97. The van der Waals surface area contributed by atoms with Gasteiger partial charge in [-0.25, -0.2) is 4.39 Å². The lowest BCUT2D eigenvalue weighted by Gasteiger charge is -2.26. The van der Waals surface area contributed by atoms with Crippen molar-refractivity contribution in [3.63, 3.8) is 0 Å². The minimum Gasteiger partial charge on any atom is -0.348 e. The van der Waals surface area contributed by atoms with Crippen molar-refractivity contribution in [2.24, 2.45) is 0 Å². The Morgan fingerprint density at radius 2 is 2.27 bits per heavy atom. The zero-order chi connectivity index (χ0) is 15.7. The van der Waals surface area contributed by atoms with Crippen LogP contribution in [-0.2, 0) is 9.59 Å². The molecule has 4 nitrogen and oxygen atoms in total. The average molecular weight is 318 g/mol. The van der Waals surface area contributed by atoms with Crippen molar-refractivity contribution < 1.29 is 14.0 Å². The first-order chi connectivity index (χ1) is 10.5. The van der Waals surface area contributed by atoms with Crippen LogP contribution in [0, 0.1) is 5.82 Å². The normalized spacial score (nSPS) is 18.3. The maximum absolute atomic E-state index is 13.3. The molecule has 0 bridgehead atoms. The number of carbonyl (C=O) groups is 2. The van der Waals surface area contributed by atoms with E-state index in [-0.39, 0.29) is 24.3 Å². The third-order valence-corrected chi connectivity index (χ3v) is 4.75. The predicted molar refractivity (Wildman–Crippen MR) is 83.3 cm³/mol. The summed E-state index contributed by atoms with van der Waals surface area (Å²) in [7, 11) is 0. The van der Waals surface area contributed by atoms with E-state index in [0.717, 1.165) is 4.88 Å². The van der Waals surface area contributed by atoms with E-state index < -0.39 is 11.7 Å². The molecule has 6 heteroatoms. The molecule has 2 aromatic rings. The highest BCUT2D eigenvalue weighted by molar-refractivity contribution is 7.10. The number of rotatable bonds is 3. The number of hydrogen-bond acceptors (Lipinski definition) is 3. The Balaban J connectivity index is 1.82. The fourth-order valence-corrected chi connectivity index (χ4v) is 3.33. The van der Waals surface area contributed by atoms with Gasteiger partial charge in [0.15, 0.2) is 0 Å². The molecule has 22 heavy (non-hydrogen) atoms. The first-order valence-corrected chi connectivity index (χ1v) is 7.85. The number of amides is 2. The maximum Gasteiger partial charge on any atom is 0.228 e. The number of hydrogen-bond donors (Lipinski definition) is 2. The molecule has 2 heterocycles. The van der Waals surface area contributed by atoms with Gasteiger partial charge in [0, 0.05) is 17.0 Å². The number of nitrogens with one attached hydrogen (secondary N) is 2. The molecular formula is C16H15FN2O2S. The number of anilines is 1. The molecule has 2 N–H and O–H groups in total. The molecule has 1 aliphatic heterocycles. The van der Waals surface area contributed by atoms with Crippen molar-refractivity contribution >= 4 is 28.8 Å². The number of benzene rings is 1. The zero-order valence-corrected chi connectivity index (χ0v) is 12.7. The first kappa shape index (κ1) is 14.7. The monoisotopic (exact) mass is 318 g/mol. The standard InChI is InChI=1S/C16H15FN2O2S/c1-9(14-3-2-6-22-14)18-16(21)12-8-15(20)19-13-7-10(17)4-5-11(12)13/h2-7,9,12H,8H2,1H3,(H,18,21)(H,19,20). The number of thiophene rings is 1. The minimum absolute atomic E-state index is 0.0711. The summed E-state index contributed by atoms with van der Waals surface area (Å²) < 4.78 is 13.3. The molecular weight excluding hydrogens is 303 g/mol. The van der Waals surface area contributed by atoms with Crippen molar-refractivity contribution in [3.05, 3.63) is 52.0 Å². The lowest BCUT2D eigenvalue weighted by molar-refractivity contribution is -0.126. The predicted octanol–water partition coefficient (Wildman–Crippen LogP) is 3.19. The van der Waals surface area contributed by atoms with E-state index in [1.54, 1.807) is 17.4 Å². The molecule has 2 atom stereocenters. The zero-order valence-electron chi connectivity index (χ0n) is 11.9. The van der Waals surface area contributed by atoms with Crippen LogP contribution in [0.15, 0.2) is 35.7 Å². The van der Waals surface area contributed by atoms with E-state index in [1.807, 2.05) is 24.4 Å². The highest BCUT2D eigenvalue weighted by Gasteiger charge is 2.31. The summed E-state index contributed by atoms with van der Waals surface area (Å²) in [6.07, 6.45) is 0.0711. The van der Waals surface area contributed by atoms with E-state index >= 15 is 0 Å². The summed E-state index contributed by atoms with van der Waals surface area (Å²) in [5.74, 6) is -1.52. The van der Waals surface area contributed by atoms with E-state index in [2.05, 4.69) is 10.6 Å². The second-order valence-corrected chi connectivity index (χ2v) is 6.26. The summed E-state index contributed by atoms with van der Waals surface area (Å²) >= 11 is 1.56. The van der Waals surface area contributed by atoms with Gasteiger partial charge in [-0.1, -0.05) is 12.1 Å². The quantitative estimate of drug-likeness (QED) is 0.913. The van der Waals surface area contributed by atoms with Crippen LogP contribution in [0.4, 0.5) is 10.1 Å². The number of carbonyl (C=O) groups excluding carboxylic acids is 2. The Labute approximate surface area is 131 Å². The molecule has 0 saturated carbocycles. The van der Waals surface area contributed by atoms with Gasteiger partial charge >= 0.3 is 0 Å². The molecule has 0 aliphatic carbocycles. The van der Waals surface area contributed by atoms with Gasteiger partial charge in [0.25, 0.3) is 0 Å². The van der Waals surface area contributed by atoms with Crippen molar-refractivity contribution in [1.82, 2.24) is 5.32 Å². The molecule has 1 aromatic heterocycles. The molecule has 0 saturated heterocycles. The largest absolute Gasteiger partial charge is 0.348 e. The van der Waals surface area contributed by atoms with E-state index in [9.17, 15) is 14.0 Å². The van der Waals surface area contributed by atoms with E-state index in [0.29, 0.717) is 11.3 Å². The summed E-state index contributed by atoms with van der Waals surface area (Å²) in [6.45, 7) is 1.90. The molecule has 0 spiro atoms. The molecule has 0 fully saturated rings. The third kappa shape index (κ3) is 2.87. The number of fused-ring (bicyclic) bond motifs is 1. The van der Waals surface area contributed by atoms with Crippen LogP contribution in [0.1, 0.15) is 35.7 Å². The van der Waals surface area contributed by atoms with Crippen LogP contribution in [0.5, 0.6) is 0 Å². The van der Waals surface area contributed by atoms with Gasteiger partial charge in [0.2, 0.25) is 11.8 Å². The summed E-state index contributed by atoms with van der Waals surface area (Å²) in [4.78, 5) is 25.3. The Bertz CT molecular complexity index is 715. The molecule has 114 valence electrons. The van der Waals surface area contributed by atoms with Crippen molar-refractivity contribution in [3.8, 4) is 0 Å². The van der Waals surface area contributed by atoms with Crippen molar-refractivity contribution in [2.45, 2.75) is 25.3 Å². The topological polar surface area (TPSA) is 58.2 Å². The van der Waals surface area contributed by atoms with E-state index in [1.165, 1.54) is 12.1 Å².